The van der Waals surface area contributed by atoms with Crippen LogP contribution in [0.1, 0.15) is 16.8 Å². The Morgan fingerprint density at radius 1 is 0.429 bits per heavy atom. The molecular formula is C31H24BrCl2P. The molecule has 1 unspecified atom stereocenters. The van der Waals surface area contributed by atoms with Gasteiger partial charge in [0.2, 0.25) is 0 Å². The predicted molar refractivity (Wildman–Crippen MR) is 150 cm³/mol. The maximum Gasteiger partial charge on any atom is 0.134 e. The number of hydrogen-bond donors (Lipinski definition) is 0. The van der Waals surface area contributed by atoms with Crippen LogP contribution >= 0.6 is 30.5 Å². The highest BCUT2D eigenvalue weighted by Gasteiger charge is 2.53. The Morgan fingerprint density at radius 2 is 0.829 bits per heavy atom. The van der Waals surface area contributed by atoms with Gasteiger partial charge in [-0.1, -0.05) is 114 Å². The second kappa shape index (κ2) is 11.5. The van der Waals surface area contributed by atoms with E-state index in [4.69, 9.17) is 23.2 Å². The van der Waals surface area contributed by atoms with Crippen molar-refractivity contribution >= 4 is 46.4 Å². The molecule has 5 aromatic carbocycles. The van der Waals surface area contributed by atoms with Gasteiger partial charge in [-0.15, -0.1) is 0 Å². The molecule has 0 aromatic heterocycles. The summed E-state index contributed by atoms with van der Waals surface area (Å²) in [7, 11) is -2.24. The van der Waals surface area contributed by atoms with Crippen molar-refractivity contribution in [1.82, 2.24) is 0 Å². The molecule has 0 aliphatic heterocycles. The van der Waals surface area contributed by atoms with Crippen molar-refractivity contribution in [2.45, 2.75) is 5.66 Å². The predicted octanol–water partition coefficient (Wildman–Crippen LogP) is 5.08. The number of rotatable bonds is 6. The maximum atomic E-state index is 6.61. The lowest BCUT2D eigenvalue weighted by molar-refractivity contribution is -0.00000633. The van der Waals surface area contributed by atoms with E-state index in [1.54, 1.807) is 0 Å². The molecule has 0 nitrogen and oxygen atoms in total. The van der Waals surface area contributed by atoms with Crippen LogP contribution in [0.5, 0.6) is 0 Å². The van der Waals surface area contributed by atoms with Gasteiger partial charge in [-0.05, 0) is 59.7 Å². The molecule has 0 aliphatic carbocycles. The standard InChI is InChI=1S/C31H24Cl2P.BrH/c32-29-22-21-25(23-30(29)33)31(24-13-5-1-6-14-24)34(26-15-7-2-8-16-26,27-17-9-3-10-18-27)28-19-11-4-12-20-28;/h1-23,31H;1H/q+1;/p-1. The van der Waals surface area contributed by atoms with Crippen LogP contribution in [0.15, 0.2) is 140 Å². The summed E-state index contributed by atoms with van der Waals surface area (Å²) in [5.74, 6) is 0. The molecule has 0 fully saturated rings. The molecule has 1 atom stereocenters. The van der Waals surface area contributed by atoms with Crippen molar-refractivity contribution < 1.29 is 17.0 Å². The average Bonchev–Trinajstić information content (AvgIpc) is 2.91. The molecule has 5 rings (SSSR count). The SMILES string of the molecule is Clc1ccc(C(c2ccccc2)[P+](c2ccccc2)(c2ccccc2)c2ccccc2)cc1Cl.[Br-]. The molecule has 0 spiro atoms. The van der Waals surface area contributed by atoms with Crippen LogP contribution in [-0.2, 0) is 0 Å². The summed E-state index contributed by atoms with van der Waals surface area (Å²) in [4.78, 5) is 0. The van der Waals surface area contributed by atoms with Gasteiger partial charge >= 0.3 is 0 Å². The lowest BCUT2D eigenvalue weighted by Gasteiger charge is -2.35. The highest BCUT2D eigenvalue weighted by Crippen LogP contribution is 2.69. The first-order valence-electron chi connectivity index (χ1n) is 11.3. The Labute approximate surface area is 228 Å². The number of hydrogen-bond acceptors (Lipinski definition) is 0. The Balaban J connectivity index is 0.00000289. The first-order chi connectivity index (χ1) is 16.7. The van der Waals surface area contributed by atoms with E-state index in [0.717, 1.165) is 5.56 Å². The molecule has 35 heavy (non-hydrogen) atoms. The molecule has 4 heteroatoms. The van der Waals surface area contributed by atoms with E-state index in [1.165, 1.54) is 21.5 Å². The van der Waals surface area contributed by atoms with Crippen LogP contribution in [0.25, 0.3) is 0 Å². The average molecular weight is 578 g/mol. The van der Waals surface area contributed by atoms with E-state index in [1.807, 2.05) is 12.1 Å². The topological polar surface area (TPSA) is 0 Å². The van der Waals surface area contributed by atoms with Crippen LogP contribution in [0.2, 0.25) is 10.0 Å². The molecule has 0 bridgehead atoms. The van der Waals surface area contributed by atoms with Crippen LogP contribution in [0.3, 0.4) is 0 Å². The molecule has 0 heterocycles. The van der Waals surface area contributed by atoms with E-state index in [0.29, 0.717) is 10.0 Å². The molecule has 0 saturated heterocycles. The minimum Gasteiger partial charge on any atom is -1.00 e. The molecule has 174 valence electrons. The zero-order chi connectivity index (χ0) is 23.4. The third kappa shape index (κ3) is 4.97. The Morgan fingerprint density at radius 3 is 1.23 bits per heavy atom. The molecule has 0 N–H and O–H groups in total. The zero-order valence-corrected chi connectivity index (χ0v) is 22.9. The van der Waals surface area contributed by atoms with Gasteiger partial charge in [-0.2, -0.15) is 0 Å². The van der Waals surface area contributed by atoms with Gasteiger partial charge < -0.3 is 17.0 Å². The van der Waals surface area contributed by atoms with Crippen LogP contribution in [0.4, 0.5) is 0 Å². The van der Waals surface area contributed by atoms with E-state index in [2.05, 4.69) is 127 Å². The third-order valence-corrected chi connectivity index (χ3v) is 11.7. The second-order valence-corrected chi connectivity index (χ2v) is 12.5. The van der Waals surface area contributed by atoms with Gasteiger partial charge in [0.15, 0.2) is 0 Å². The number of benzene rings is 5. The van der Waals surface area contributed by atoms with Gasteiger partial charge in [-0.25, -0.2) is 0 Å². The molecular weight excluding hydrogens is 554 g/mol. The summed E-state index contributed by atoms with van der Waals surface area (Å²) in [6, 6.07) is 49.7. The van der Waals surface area contributed by atoms with Gasteiger partial charge in [0, 0.05) is 0 Å². The molecule has 0 aliphatic rings. The van der Waals surface area contributed by atoms with Crippen molar-refractivity contribution in [3.8, 4) is 0 Å². The summed E-state index contributed by atoms with van der Waals surface area (Å²) < 4.78 is 0. The van der Waals surface area contributed by atoms with E-state index >= 15 is 0 Å². The number of halogens is 3. The molecule has 0 amide bonds. The normalized spacial score (nSPS) is 11.9. The van der Waals surface area contributed by atoms with Gasteiger partial charge in [0.25, 0.3) is 0 Å². The van der Waals surface area contributed by atoms with Crippen molar-refractivity contribution in [3.63, 3.8) is 0 Å². The monoisotopic (exact) mass is 576 g/mol. The highest BCUT2D eigenvalue weighted by atomic mass is 79.9. The quantitative estimate of drug-likeness (QED) is 0.247. The summed E-state index contributed by atoms with van der Waals surface area (Å²) in [6.07, 6.45) is 0. The lowest BCUT2D eigenvalue weighted by Crippen LogP contribution is -3.00. The molecule has 0 saturated carbocycles. The Kier molecular flexibility index (Phi) is 8.47. The van der Waals surface area contributed by atoms with Gasteiger partial charge in [0.1, 0.15) is 28.8 Å². The first kappa shape index (κ1) is 25.7. The summed E-state index contributed by atoms with van der Waals surface area (Å²) in [5.41, 5.74) is 2.46. The zero-order valence-electron chi connectivity index (χ0n) is 18.9. The largest absolute Gasteiger partial charge is 1.00 e. The van der Waals surface area contributed by atoms with Crippen LogP contribution in [-0.4, -0.2) is 0 Å². The fourth-order valence-electron chi connectivity index (χ4n) is 4.84. The van der Waals surface area contributed by atoms with Crippen molar-refractivity contribution in [2.24, 2.45) is 0 Å². The smallest absolute Gasteiger partial charge is 0.134 e. The Hall–Kier alpha value is -2.41. The first-order valence-corrected chi connectivity index (χ1v) is 13.9. The molecule has 5 aromatic rings. The Bertz CT molecular complexity index is 1260. The van der Waals surface area contributed by atoms with Gasteiger partial charge in [-0.3, -0.25) is 0 Å². The lowest BCUT2D eigenvalue weighted by atomic mass is 10.0. The van der Waals surface area contributed by atoms with E-state index in [-0.39, 0.29) is 22.6 Å². The minimum atomic E-state index is -2.24. The fraction of sp³-hybridized carbons (Fsp3) is 0.0323. The van der Waals surface area contributed by atoms with E-state index in [9.17, 15) is 0 Å². The second-order valence-electron chi connectivity index (χ2n) is 8.22. The summed E-state index contributed by atoms with van der Waals surface area (Å²) in [5, 5.41) is 5.12. The van der Waals surface area contributed by atoms with Crippen LogP contribution in [0, 0.1) is 0 Å². The van der Waals surface area contributed by atoms with Crippen molar-refractivity contribution in [2.75, 3.05) is 0 Å². The fourth-order valence-corrected chi connectivity index (χ4v) is 10.1. The minimum absolute atomic E-state index is 0. The summed E-state index contributed by atoms with van der Waals surface area (Å²) in [6.45, 7) is 0. The third-order valence-electron chi connectivity index (χ3n) is 6.25. The van der Waals surface area contributed by atoms with Crippen molar-refractivity contribution in [1.29, 1.82) is 0 Å². The molecule has 0 radical (unpaired) electrons. The maximum absolute atomic E-state index is 6.61. The van der Waals surface area contributed by atoms with Crippen molar-refractivity contribution in [3.05, 3.63) is 161 Å². The van der Waals surface area contributed by atoms with E-state index < -0.39 is 7.26 Å². The summed E-state index contributed by atoms with van der Waals surface area (Å²) >= 11 is 13.0. The van der Waals surface area contributed by atoms with Gasteiger partial charge in [0.05, 0.1) is 10.0 Å². The highest BCUT2D eigenvalue weighted by molar-refractivity contribution is 7.96. The van der Waals surface area contributed by atoms with Crippen LogP contribution < -0.4 is 32.9 Å².